The second-order valence-electron chi connectivity index (χ2n) is 14.3. The number of carbonyl (C=O) groups is 1. The Morgan fingerprint density at radius 3 is 1.96 bits per heavy atom. The summed E-state index contributed by atoms with van der Waals surface area (Å²) in [6.07, 6.45) is 2.83. The molecule has 2 unspecified atom stereocenters. The number of aliphatic hydroxyl groups excluding tert-OH is 2. The lowest BCUT2D eigenvalue weighted by Gasteiger charge is -2.50. The third kappa shape index (κ3) is 7.49. The molecule has 282 valence electrons. The van der Waals surface area contributed by atoms with E-state index in [4.69, 9.17) is 21.6 Å². The van der Waals surface area contributed by atoms with E-state index in [0.29, 0.717) is 64.8 Å². The van der Waals surface area contributed by atoms with Gasteiger partial charge in [-0.15, -0.1) is 0 Å². The summed E-state index contributed by atoms with van der Waals surface area (Å²) in [6.45, 7) is 9.40. The second-order valence-corrected chi connectivity index (χ2v) is 17.6. The molecule has 17 heteroatoms. The van der Waals surface area contributed by atoms with E-state index in [9.17, 15) is 23.4 Å². The van der Waals surface area contributed by atoms with Gasteiger partial charge in [0.1, 0.15) is 21.4 Å². The Hall–Kier alpha value is -3.44. The maximum absolute atomic E-state index is 12.7. The highest BCUT2D eigenvalue weighted by Crippen LogP contribution is 2.45. The number of benzene rings is 1. The first-order valence-electron chi connectivity index (χ1n) is 17.7. The number of piperidine rings is 1. The highest BCUT2D eigenvalue weighted by molar-refractivity contribution is 7.85. The minimum atomic E-state index is -1.14. The van der Waals surface area contributed by atoms with Crippen molar-refractivity contribution in [1.82, 2.24) is 24.8 Å². The maximum Gasteiger partial charge on any atom is 0.322 e. The molecule has 1 fully saturated rings. The van der Waals surface area contributed by atoms with E-state index >= 15 is 0 Å². The first kappa shape index (κ1) is 38.3. The standard InChI is InChI=1S/C24H32N6O3S.C11H16ClN3O2S/c1-15(2)19(14-31)25-21-20-18(8-13-34(20)33)26-22(28-21)30-11-9-24(10-12-30)16-6-4-5-7-17(16)27-23(32)29(24)3;1-6(2)8(5-16)13-10-9-7(3-4-18(9)17)14-11(12)15-10/h4-7,15,19,31H,8-14H2,1-3H3,(H,27,32)(H,25,26,28);6,8,16H,3-5H2,1-2H3,(H,13,14,15)/t19-,34?;8-,18?/m00/s1. The molecule has 3 aromatic rings. The smallest absolute Gasteiger partial charge is 0.322 e. The van der Waals surface area contributed by atoms with Crippen LogP contribution in [-0.2, 0) is 40.0 Å². The van der Waals surface area contributed by atoms with E-state index < -0.39 is 21.6 Å². The number of para-hydroxylation sites is 1. The summed E-state index contributed by atoms with van der Waals surface area (Å²) in [5.41, 5.74) is 3.23. The third-order valence-electron chi connectivity index (χ3n) is 10.5. The number of aromatic nitrogens is 4. The minimum absolute atomic E-state index is 0.0132. The van der Waals surface area contributed by atoms with Crippen LogP contribution in [0.4, 0.5) is 28.1 Å². The normalized spacial score (nSPS) is 21.2. The molecule has 1 spiro atoms. The van der Waals surface area contributed by atoms with Gasteiger partial charge in [-0.05, 0) is 42.3 Å². The molecule has 4 aliphatic rings. The highest BCUT2D eigenvalue weighted by atomic mass is 35.5. The topological polar surface area (TPSA) is 186 Å². The first-order chi connectivity index (χ1) is 24.9. The van der Waals surface area contributed by atoms with E-state index in [1.807, 2.05) is 57.8 Å². The quantitative estimate of drug-likeness (QED) is 0.199. The van der Waals surface area contributed by atoms with Gasteiger partial charge in [0, 0.05) is 55.7 Å². The molecule has 0 aliphatic carbocycles. The average molecular weight is 774 g/mol. The Kier molecular flexibility index (Phi) is 11.7. The fourth-order valence-electron chi connectivity index (χ4n) is 7.14. The number of anilines is 4. The number of aryl methyl sites for hydroxylation is 2. The van der Waals surface area contributed by atoms with Gasteiger partial charge < -0.3 is 36.0 Å². The molecule has 2 aromatic heterocycles. The summed E-state index contributed by atoms with van der Waals surface area (Å²) < 4.78 is 24.6. The maximum atomic E-state index is 12.7. The van der Waals surface area contributed by atoms with Crippen molar-refractivity contribution in [2.45, 2.75) is 80.8 Å². The lowest BCUT2D eigenvalue weighted by atomic mass is 9.77. The Morgan fingerprint density at radius 1 is 0.865 bits per heavy atom. The van der Waals surface area contributed by atoms with Crippen molar-refractivity contribution in [3.8, 4) is 0 Å². The Labute approximate surface area is 314 Å². The van der Waals surface area contributed by atoms with Gasteiger partial charge in [0.15, 0.2) is 0 Å². The van der Waals surface area contributed by atoms with Gasteiger partial charge in [-0.25, -0.2) is 14.8 Å². The number of carbonyl (C=O) groups excluding carboxylic acids is 1. The van der Waals surface area contributed by atoms with Crippen molar-refractivity contribution in [3.05, 3.63) is 46.5 Å². The summed E-state index contributed by atoms with van der Waals surface area (Å²) in [5, 5.41) is 28.8. The molecule has 52 heavy (non-hydrogen) atoms. The number of fused-ring (bicyclic) bond motifs is 4. The lowest BCUT2D eigenvalue weighted by Crippen LogP contribution is -2.57. The number of aliphatic hydroxyl groups is 2. The predicted molar refractivity (Wildman–Crippen MR) is 204 cm³/mol. The Bertz CT molecular complexity index is 1860. The average Bonchev–Trinajstić information content (AvgIpc) is 3.70. The number of nitrogens with zero attached hydrogens (tertiary/aromatic N) is 6. The second kappa shape index (κ2) is 15.9. The molecule has 4 aliphatic heterocycles. The summed E-state index contributed by atoms with van der Waals surface area (Å²) >= 11 is 5.86. The van der Waals surface area contributed by atoms with Crippen molar-refractivity contribution in [2.24, 2.45) is 11.8 Å². The summed E-state index contributed by atoms with van der Waals surface area (Å²) in [5.74, 6) is 3.22. The fraction of sp³-hybridized carbons (Fsp3) is 0.571. The largest absolute Gasteiger partial charge is 0.394 e. The Balaban J connectivity index is 0.000000217. The molecule has 5 N–H and O–H groups in total. The first-order valence-corrected chi connectivity index (χ1v) is 20.8. The van der Waals surface area contributed by atoms with Crippen LogP contribution in [-0.4, -0.2) is 106 Å². The number of rotatable bonds is 9. The molecule has 1 aromatic carbocycles. The summed E-state index contributed by atoms with van der Waals surface area (Å²) in [7, 11) is -0.346. The zero-order valence-electron chi connectivity index (χ0n) is 30.2. The van der Waals surface area contributed by atoms with E-state index in [2.05, 4.69) is 36.9 Å². The van der Waals surface area contributed by atoms with E-state index in [0.717, 1.165) is 35.5 Å². The zero-order valence-corrected chi connectivity index (χ0v) is 32.6. The molecule has 2 amide bonds. The van der Waals surface area contributed by atoms with E-state index in [1.54, 1.807) is 0 Å². The van der Waals surface area contributed by atoms with Crippen molar-refractivity contribution < 1.29 is 23.4 Å². The number of urea groups is 1. The van der Waals surface area contributed by atoms with Crippen LogP contribution in [0, 0.1) is 11.8 Å². The van der Waals surface area contributed by atoms with Crippen molar-refractivity contribution in [1.29, 1.82) is 0 Å². The van der Waals surface area contributed by atoms with Crippen molar-refractivity contribution in [3.63, 3.8) is 0 Å². The van der Waals surface area contributed by atoms with E-state index in [-0.39, 0.29) is 54.0 Å². The van der Waals surface area contributed by atoms with Crippen LogP contribution < -0.4 is 20.9 Å². The van der Waals surface area contributed by atoms with Crippen LogP contribution in [0.3, 0.4) is 0 Å². The monoisotopic (exact) mass is 773 g/mol. The van der Waals surface area contributed by atoms with Gasteiger partial charge in [-0.1, -0.05) is 45.9 Å². The molecule has 6 heterocycles. The number of amides is 2. The summed E-state index contributed by atoms with van der Waals surface area (Å²) in [6, 6.07) is 7.62. The molecule has 0 radical (unpaired) electrons. The zero-order chi connectivity index (χ0) is 37.3. The number of hydrogen-bond acceptors (Lipinski definition) is 12. The van der Waals surface area contributed by atoms with Gasteiger partial charge in [0.2, 0.25) is 11.2 Å². The fourth-order valence-corrected chi connectivity index (χ4v) is 9.95. The van der Waals surface area contributed by atoms with Crippen molar-refractivity contribution in [2.75, 3.05) is 65.7 Å². The highest BCUT2D eigenvalue weighted by Gasteiger charge is 2.46. The van der Waals surface area contributed by atoms with Crippen LogP contribution in [0.2, 0.25) is 5.28 Å². The number of halogens is 1. The molecule has 7 rings (SSSR count). The molecule has 4 atom stereocenters. The van der Waals surface area contributed by atoms with E-state index in [1.165, 1.54) is 0 Å². The van der Waals surface area contributed by atoms with Crippen LogP contribution in [0.1, 0.15) is 57.5 Å². The Morgan fingerprint density at radius 2 is 1.40 bits per heavy atom. The molecule has 0 bridgehead atoms. The van der Waals surface area contributed by atoms with Gasteiger partial charge >= 0.3 is 6.03 Å². The van der Waals surface area contributed by atoms with Crippen LogP contribution in [0.5, 0.6) is 0 Å². The van der Waals surface area contributed by atoms with Crippen molar-refractivity contribution >= 4 is 62.5 Å². The van der Waals surface area contributed by atoms with Gasteiger partial charge in [0.25, 0.3) is 0 Å². The van der Waals surface area contributed by atoms with Crippen LogP contribution in [0.25, 0.3) is 0 Å². The molecule has 14 nitrogen and oxygen atoms in total. The van der Waals surface area contributed by atoms with Gasteiger partial charge in [-0.3, -0.25) is 8.42 Å². The minimum Gasteiger partial charge on any atom is -0.394 e. The van der Waals surface area contributed by atoms with Crippen LogP contribution in [0.15, 0.2) is 34.1 Å². The predicted octanol–water partition coefficient (Wildman–Crippen LogP) is 3.76. The molecule has 0 saturated carbocycles. The molecular weight excluding hydrogens is 726 g/mol. The third-order valence-corrected chi connectivity index (χ3v) is 13.6. The molecular formula is C35H48ClN9O5S2. The van der Waals surface area contributed by atoms with Gasteiger partial charge in [0.05, 0.1) is 63.8 Å². The lowest BCUT2D eigenvalue weighted by molar-refractivity contribution is 0.113. The number of nitrogens with one attached hydrogen (secondary N) is 3. The molecule has 1 saturated heterocycles. The van der Waals surface area contributed by atoms with Crippen LogP contribution >= 0.6 is 11.6 Å². The summed E-state index contributed by atoms with van der Waals surface area (Å²) in [4.78, 5) is 35.8. The van der Waals surface area contributed by atoms with Gasteiger partial charge in [-0.2, -0.15) is 9.97 Å². The SMILES string of the molecule is CC(C)[C@H](CO)Nc1nc(Cl)nc2c1S(=O)CC2.CC(C)[C@H](CO)Nc1nc(N2CCC3(CC2)c2ccccc2NC(=O)N3C)nc2c1S(=O)CC2. The number of hydrogen-bond donors (Lipinski definition) is 5.